The van der Waals surface area contributed by atoms with Gasteiger partial charge in [-0.05, 0) is 31.5 Å². The summed E-state index contributed by atoms with van der Waals surface area (Å²) >= 11 is 0. The number of halogens is 2. The molecule has 1 amide bonds. The number of hydrogen-bond acceptors (Lipinski definition) is 3. The van der Waals surface area contributed by atoms with Crippen molar-refractivity contribution in [3.63, 3.8) is 0 Å². The molecule has 1 aromatic rings. The normalized spacial score (nSPS) is 23.7. The Kier molecular flexibility index (Phi) is 2.86. The predicted octanol–water partition coefficient (Wildman–Crippen LogP) is 2.16. The van der Waals surface area contributed by atoms with Crippen LogP contribution in [0.3, 0.4) is 0 Å². The summed E-state index contributed by atoms with van der Waals surface area (Å²) in [6, 6.07) is 3.38. The van der Waals surface area contributed by atoms with Crippen molar-refractivity contribution in [3.05, 3.63) is 46.7 Å². The van der Waals surface area contributed by atoms with Gasteiger partial charge in [-0.25, -0.2) is 13.6 Å². The Morgan fingerprint density at radius 3 is 2.62 bits per heavy atom. The summed E-state index contributed by atoms with van der Waals surface area (Å²) in [4.78, 5) is 23.9. The van der Waals surface area contributed by atoms with E-state index in [1.165, 1.54) is 6.07 Å². The zero-order valence-corrected chi connectivity index (χ0v) is 11.5. The quantitative estimate of drug-likeness (QED) is 0.807. The average Bonchev–Trinajstić information content (AvgIpc) is 2.62. The largest absolute Gasteiger partial charge is 0.450 e. The minimum Gasteiger partial charge on any atom is -0.450 e. The van der Waals surface area contributed by atoms with Crippen LogP contribution in [0.15, 0.2) is 29.5 Å². The van der Waals surface area contributed by atoms with Gasteiger partial charge in [-0.1, -0.05) is 6.07 Å². The molecule has 0 saturated heterocycles. The number of benzene rings is 1. The first kappa shape index (κ1) is 13.7. The maximum absolute atomic E-state index is 13.4. The van der Waals surface area contributed by atoms with Crippen molar-refractivity contribution < 1.29 is 23.1 Å². The Morgan fingerprint density at radius 1 is 1.24 bits per heavy atom. The fourth-order valence-corrected chi connectivity index (χ4v) is 2.79. The molecule has 1 atom stereocenters. The van der Waals surface area contributed by atoms with E-state index in [9.17, 15) is 18.4 Å². The first-order valence-electron chi connectivity index (χ1n) is 6.52. The highest BCUT2D eigenvalue weighted by Gasteiger charge is 2.47. The molecule has 0 unspecified atom stereocenters. The van der Waals surface area contributed by atoms with Gasteiger partial charge in [0, 0.05) is 12.3 Å². The number of ether oxygens (including phenoxy) is 1. The van der Waals surface area contributed by atoms with Gasteiger partial charge < -0.3 is 10.1 Å². The Labute approximate surface area is 119 Å². The lowest BCUT2D eigenvalue weighted by atomic mass is 9.83. The Hall–Kier alpha value is -2.24. The lowest BCUT2D eigenvalue weighted by Gasteiger charge is -2.27. The molecule has 2 heterocycles. The number of carbonyl (C=O) groups excluding carboxylic acids is 2. The van der Waals surface area contributed by atoms with Crippen LogP contribution in [0.2, 0.25) is 0 Å². The fourth-order valence-electron chi connectivity index (χ4n) is 2.79. The molecule has 2 aliphatic heterocycles. The van der Waals surface area contributed by atoms with Gasteiger partial charge in [0.25, 0.3) is 0 Å². The summed E-state index contributed by atoms with van der Waals surface area (Å²) in [6.07, 6.45) is -0.00488. The minimum atomic E-state index is -1.01. The summed E-state index contributed by atoms with van der Waals surface area (Å²) in [6.45, 7) is 3.34. The third kappa shape index (κ3) is 2.11. The lowest BCUT2D eigenvalue weighted by molar-refractivity contribution is -0.144. The number of amides is 1. The number of carbonyl (C=O) groups is 2. The first-order valence-corrected chi connectivity index (χ1v) is 6.52. The summed E-state index contributed by atoms with van der Waals surface area (Å²) < 4.78 is 31.7. The van der Waals surface area contributed by atoms with Crippen LogP contribution in [0.1, 0.15) is 31.7 Å². The van der Waals surface area contributed by atoms with Crippen molar-refractivity contribution in [1.82, 2.24) is 5.32 Å². The Bertz CT molecular complexity index is 694. The monoisotopic (exact) mass is 293 g/mol. The SMILES string of the molecule is CC1(C)OC(=O)C2=C1NC(=O)C[C@H]2c1ccc(F)c(F)c1. The van der Waals surface area contributed by atoms with Crippen molar-refractivity contribution >= 4 is 11.9 Å². The summed E-state index contributed by atoms with van der Waals surface area (Å²) in [5.74, 6) is -3.42. The summed E-state index contributed by atoms with van der Waals surface area (Å²) in [7, 11) is 0. The van der Waals surface area contributed by atoms with Gasteiger partial charge in [-0.3, -0.25) is 4.79 Å². The second-order valence-electron chi connectivity index (χ2n) is 5.67. The second kappa shape index (κ2) is 4.38. The maximum atomic E-state index is 13.4. The van der Waals surface area contributed by atoms with Crippen molar-refractivity contribution in [2.45, 2.75) is 31.8 Å². The molecule has 0 fully saturated rings. The Morgan fingerprint density at radius 2 is 1.95 bits per heavy atom. The van der Waals surface area contributed by atoms with Crippen LogP contribution in [0.5, 0.6) is 0 Å². The molecule has 21 heavy (non-hydrogen) atoms. The minimum absolute atomic E-state index is 0.00488. The van der Waals surface area contributed by atoms with Gasteiger partial charge in [0.15, 0.2) is 11.6 Å². The average molecular weight is 293 g/mol. The van der Waals surface area contributed by atoms with E-state index in [-0.39, 0.29) is 12.3 Å². The molecule has 4 nitrogen and oxygen atoms in total. The zero-order chi connectivity index (χ0) is 15.4. The molecule has 1 aromatic carbocycles. The zero-order valence-electron chi connectivity index (χ0n) is 11.5. The van der Waals surface area contributed by atoms with E-state index >= 15 is 0 Å². The molecule has 1 N–H and O–H groups in total. The number of nitrogens with one attached hydrogen (secondary N) is 1. The standard InChI is InChI=1S/C15H13F2NO3/c1-15(2)13-12(14(20)21-15)8(6-11(19)18-13)7-3-4-9(16)10(17)5-7/h3-5,8H,6H2,1-2H3,(H,18,19)/t8-/m0/s1. The second-order valence-corrected chi connectivity index (χ2v) is 5.67. The van der Waals surface area contributed by atoms with Gasteiger partial charge in [0.1, 0.15) is 5.60 Å². The highest BCUT2D eigenvalue weighted by atomic mass is 19.2. The van der Waals surface area contributed by atoms with Gasteiger partial charge in [-0.2, -0.15) is 0 Å². The fraction of sp³-hybridized carbons (Fsp3) is 0.333. The van der Waals surface area contributed by atoms with Crippen LogP contribution in [0, 0.1) is 11.6 Å². The first-order chi connectivity index (χ1) is 9.79. The van der Waals surface area contributed by atoms with Gasteiger partial charge in [-0.15, -0.1) is 0 Å². The molecule has 2 aliphatic rings. The van der Waals surface area contributed by atoms with Crippen molar-refractivity contribution in [2.75, 3.05) is 0 Å². The van der Waals surface area contributed by atoms with E-state index in [1.807, 2.05) is 0 Å². The molecule has 6 heteroatoms. The van der Waals surface area contributed by atoms with Crippen LogP contribution >= 0.6 is 0 Å². The van der Waals surface area contributed by atoms with Crippen molar-refractivity contribution in [3.8, 4) is 0 Å². The molecular formula is C15H13F2NO3. The van der Waals surface area contributed by atoms with Crippen molar-refractivity contribution in [2.24, 2.45) is 0 Å². The maximum Gasteiger partial charge on any atom is 0.337 e. The van der Waals surface area contributed by atoms with E-state index < -0.39 is 29.1 Å². The van der Waals surface area contributed by atoms with Crippen LogP contribution < -0.4 is 5.32 Å². The molecule has 0 spiro atoms. The molecule has 0 bridgehead atoms. The van der Waals surface area contributed by atoms with Gasteiger partial charge >= 0.3 is 5.97 Å². The van der Waals surface area contributed by atoms with E-state index in [1.54, 1.807) is 13.8 Å². The van der Waals surface area contributed by atoms with E-state index in [0.717, 1.165) is 12.1 Å². The number of esters is 1. The molecular weight excluding hydrogens is 280 g/mol. The third-order valence-electron chi connectivity index (χ3n) is 3.79. The highest BCUT2D eigenvalue weighted by Crippen LogP contribution is 2.42. The highest BCUT2D eigenvalue weighted by molar-refractivity contribution is 5.99. The number of hydrogen-bond donors (Lipinski definition) is 1. The topological polar surface area (TPSA) is 55.4 Å². The van der Waals surface area contributed by atoms with E-state index in [2.05, 4.69) is 5.32 Å². The van der Waals surface area contributed by atoms with Gasteiger partial charge in [0.2, 0.25) is 5.91 Å². The molecule has 110 valence electrons. The molecule has 3 rings (SSSR count). The number of rotatable bonds is 1. The summed E-state index contributed by atoms with van der Waals surface area (Å²) in [5.41, 5.74) is 0.161. The smallest absolute Gasteiger partial charge is 0.337 e. The number of cyclic esters (lactones) is 1. The molecule has 0 radical (unpaired) electrons. The Balaban J connectivity index is 2.13. The molecule has 0 saturated carbocycles. The van der Waals surface area contributed by atoms with Crippen LogP contribution in [-0.2, 0) is 14.3 Å². The van der Waals surface area contributed by atoms with Crippen LogP contribution in [0.4, 0.5) is 8.78 Å². The molecule has 0 aliphatic carbocycles. The lowest BCUT2D eigenvalue weighted by Crippen LogP contribution is -2.38. The van der Waals surface area contributed by atoms with Crippen molar-refractivity contribution in [1.29, 1.82) is 0 Å². The van der Waals surface area contributed by atoms with E-state index in [0.29, 0.717) is 16.8 Å². The van der Waals surface area contributed by atoms with E-state index in [4.69, 9.17) is 4.74 Å². The van der Waals surface area contributed by atoms with Crippen LogP contribution in [0.25, 0.3) is 0 Å². The van der Waals surface area contributed by atoms with Gasteiger partial charge in [0.05, 0.1) is 11.3 Å². The third-order valence-corrected chi connectivity index (χ3v) is 3.79. The molecule has 0 aromatic heterocycles. The predicted molar refractivity (Wildman–Crippen MR) is 69.1 cm³/mol. The van der Waals surface area contributed by atoms with Crippen LogP contribution in [-0.4, -0.2) is 17.5 Å². The summed E-state index contributed by atoms with van der Waals surface area (Å²) in [5, 5.41) is 2.65.